The van der Waals surface area contributed by atoms with Crippen LogP contribution in [0.4, 0.5) is 10.1 Å². The van der Waals surface area contributed by atoms with Crippen molar-refractivity contribution in [1.82, 2.24) is 4.98 Å². The highest BCUT2D eigenvalue weighted by Gasteiger charge is 2.26. The maximum absolute atomic E-state index is 15.0. The second-order valence-electron chi connectivity index (χ2n) is 6.39. The molecular weight excluding hydrogens is 343 g/mol. The highest BCUT2D eigenvalue weighted by atomic mass is 35.5. The maximum atomic E-state index is 15.0. The molecule has 0 saturated carbocycles. The van der Waals surface area contributed by atoms with Crippen LogP contribution < -0.4 is 16.4 Å². The number of aromatic amines is 1. The second-order valence-corrected chi connectivity index (χ2v) is 6.39. The molecule has 0 spiro atoms. The predicted octanol–water partition coefficient (Wildman–Crippen LogP) is 2.91. The van der Waals surface area contributed by atoms with E-state index in [2.05, 4.69) is 4.98 Å². The summed E-state index contributed by atoms with van der Waals surface area (Å²) in [5.41, 5.74) is 13.6. The minimum atomic E-state index is -0.646. The minimum absolute atomic E-state index is 0. The molecule has 2 aromatic carbocycles. The molecule has 1 aliphatic heterocycles. The van der Waals surface area contributed by atoms with Crippen molar-refractivity contribution in [3.63, 3.8) is 0 Å². The van der Waals surface area contributed by atoms with Crippen LogP contribution in [0, 0.1) is 5.82 Å². The van der Waals surface area contributed by atoms with Gasteiger partial charge in [0.25, 0.3) is 5.91 Å². The maximum Gasteiger partial charge on any atom is 0.250 e. The number of piperidine rings is 1. The van der Waals surface area contributed by atoms with E-state index in [4.69, 9.17) is 11.5 Å². The molecule has 0 unspecified atom stereocenters. The third kappa shape index (κ3) is 2.81. The summed E-state index contributed by atoms with van der Waals surface area (Å²) in [6.07, 6.45) is 1.86. The van der Waals surface area contributed by atoms with Crippen LogP contribution in [0.2, 0.25) is 0 Å². The predicted molar refractivity (Wildman–Crippen MR) is 101 cm³/mol. The van der Waals surface area contributed by atoms with Crippen LogP contribution in [-0.2, 0) is 0 Å². The highest BCUT2D eigenvalue weighted by Crippen LogP contribution is 2.38. The van der Waals surface area contributed by atoms with Gasteiger partial charge in [0, 0.05) is 35.4 Å². The minimum Gasteiger partial charge on any atom is -0.367 e. The Bertz CT molecular complexity index is 955. The normalized spacial score (nSPS) is 17.7. The molecule has 0 bridgehead atoms. The van der Waals surface area contributed by atoms with Crippen LogP contribution in [0.5, 0.6) is 0 Å². The number of H-pyrrole nitrogens is 1. The standard InChI is InChI=1S/C18H19FN4O.ClH/c19-13-8-12(18(21)24)16-15(11-5-1-2-6-14(11)22-16)17(13)23-7-3-4-10(20)9-23;/h1-2,5-6,8,10,22H,3-4,7,9,20H2,(H2,21,24);1H/t10-;/m0./s1. The molecule has 7 heteroatoms. The summed E-state index contributed by atoms with van der Waals surface area (Å²) in [5.74, 6) is -1.08. The lowest BCUT2D eigenvalue weighted by Crippen LogP contribution is -2.43. The number of benzene rings is 2. The van der Waals surface area contributed by atoms with Gasteiger partial charge in [0.05, 0.1) is 16.8 Å². The van der Waals surface area contributed by atoms with Crippen molar-refractivity contribution in [2.24, 2.45) is 11.5 Å². The van der Waals surface area contributed by atoms with E-state index in [9.17, 15) is 9.18 Å². The van der Waals surface area contributed by atoms with E-state index in [-0.39, 0.29) is 24.0 Å². The average molecular weight is 363 g/mol. The number of halogens is 2. The molecule has 5 nitrogen and oxygen atoms in total. The van der Waals surface area contributed by atoms with E-state index in [1.165, 1.54) is 6.07 Å². The number of hydrogen-bond donors (Lipinski definition) is 3. The Hall–Kier alpha value is -2.31. The number of nitrogens with one attached hydrogen (secondary N) is 1. The molecule has 1 aromatic heterocycles. The Kier molecular flexibility index (Phi) is 4.58. The van der Waals surface area contributed by atoms with Crippen molar-refractivity contribution in [1.29, 1.82) is 0 Å². The quantitative estimate of drug-likeness (QED) is 0.655. The molecule has 1 saturated heterocycles. The number of carbonyl (C=O) groups excluding carboxylic acids is 1. The van der Waals surface area contributed by atoms with Gasteiger partial charge in [-0.05, 0) is 25.0 Å². The number of carbonyl (C=O) groups is 1. The number of rotatable bonds is 2. The van der Waals surface area contributed by atoms with E-state index in [1.807, 2.05) is 29.2 Å². The summed E-state index contributed by atoms with van der Waals surface area (Å²) in [5, 5.41) is 1.58. The Morgan fingerprint density at radius 1 is 1.32 bits per heavy atom. The highest BCUT2D eigenvalue weighted by molar-refractivity contribution is 6.19. The Morgan fingerprint density at radius 2 is 2.08 bits per heavy atom. The van der Waals surface area contributed by atoms with Gasteiger partial charge in [-0.2, -0.15) is 0 Å². The summed E-state index contributed by atoms with van der Waals surface area (Å²) >= 11 is 0. The van der Waals surface area contributed by atoms with Crippen molar-refractivity contribution in [2.75, 3.05) is 18.0 Å². The zero-order chi connectivity index (χ0) is 16.8. The first-order valence-corrected chi connectivity index (χ1v) is 8.09. The van der Waals surface area contributed by atoms with Crippen LogP contribution in [0.3, 0.4) is 0 Å². The van der Waals surface area contributed by atoms with E-state index in [1.54, 1.807) is 0 Å². The Balaban J connectivity index is 0.00000182. The van der Waals surface area contributed by atoms with Crippen LogP contribution >= 0.6 is 12.4 Å². The number of anilines is 1. The number of aromatic nitrogens is 1. The van der Waals surface area contributed by atoms with Crippen molar-refractivity contribution in [3.8, 4) is 0 Å². The summed E-state index contributed by atoms with van der Waals surface area (Å²) in [4.78, 5) is 17.0. The van der Waals surface area contributed by atoms with Gasteiger partial charge in [0.15, 0.2) is 0 Å². The van der Waals surface area contributed by atoms with E-state index >= 15 is 0 Å². The van der Waals surface area contributed by atoms with Gasteiger partial charge in [-0.3, -0.25) is 4.79 Å². The molecule has 1 fully saturated rings. The Morgan fingerprint density at radius 3 is 2.80 bits per heavy atom. The largest absolute Gasteiger partial charge is 0.367 e. The lowest BCUT2D eigenvalue weighted by molar-refractivity contribution is 0.100. The van der Waals surface area contributed by atoms with Crippen molar-refractivity contribution >= 4 is 45.8 Å². The number of para-hydroxylation sites is 1. The number of nitrogens with zero attached hydrogens (tertiary/aromatic N) is 1. The van der Waals surface area contributed by atoms with Gasteiger partial charge < -0.3 is 21.4 Å². The number of nitrogens with two attached hydrogens (primary N) is 2. The first-order chi connectivity index (χ1) is 11.6. The monoisotopic (exact) mass is 362 g/mol. The molecular formula is C18H20ClFN4O. The van der Waals surface area contributed by atoms with Gasteiger partial charge in [0.1, 0.15) is 5.82 Å². The molecule has 4 rings (SSSR count). The van der Waals surface area contributed by atoms with Gasteiger partial charge >= 0.3 is 0 Å². The molecule has 1 atom stereocenters. The Labute approximate surface area is 150 Å². The molecule has 0 aliphatic carbocycles. The van der Waals surface area contributed by atoms with Crippen LogP contribution in [0.15, 0.2) is 30.3 Å². The molecule has 25 heavy (non-hydrogen) atoms. The number of primary amides is 1. The zero-order valence-electron chi connectivity index (χ0n) is 13.6. The zero-order valence-corrected chi connectivity index (χ0v) is 14.4. The third-order valence-corrected chi connectivity index (χ3v) is 4.75. The molecule has 1 amide bonds. The van der Waals surface area contributed by atoms with Crippen LogP contribution in [-0.4, -0.2) is 30.0 Å². The first-order valence-electron chi connectivity index (χ1n) is 8.09. The van der Waals surface area contributed by atoms with Crippen LogP contribution in [0.25, 0.3) is 21.8 Å². The van der Waals surface area contributed by atoms with Gasteiger partial charge in [-0.15, -0.1) is 12.4 Å². The van der Waals surface area contributed by atoms with E-state index in [0.717, 1.165) is 30.3 Å². The van der Waals surface area contributed by atoms with E-state index in [0.29, 0.717) is 23.1 Å². The van der Waals surface area contributed by atoms with Crippen LogP contribution in [0.1, 0.15) is 23.2 Å². The van der Waals surface area contributed by atoms with Gasteiger partial charge in [-0.1, -0.05) is 18.2 Å². The summed E-state index contributed by atoms with van der Waals surface area (Å²) in [6, 6.07) is 8.88. The fourth-order valence-corrected chi connectivity index (χ4v) is 3.69. The summed E-state index contributed by atoms with van der Waals surface area (Å²) in [6.45, 7) is 1.34. The fraction of sp³-hybridized carbons (Fsp3) is 0.278. The van der Waals surface area contributed by atoms with Crippen molar-refractivity contribution in [3.05, 3.63) is 41.7 Å². The van der Waals surface area contributed by atoms with Gasteiger partial charge in [0.2, 0.25) is 0 Å². The average Bonchev–Trinajstić information content (AvgIpc) is 2.93. The van der Waals surface area contributed by atoms with Crippen molar-refractivity contribution < 1.29 is 9.18 Å². The summed E-state index contributed by atoms with van der Waals surface area (Å²) in [7, 11) is 0. The fourth-order valence-electron chi connectivity index (χ4n) is 3.69. The topological polar surface area (TPSA) is 88.1 Å². The lowest BCUT2D eigenvalue weighted by atomic mass is 10.0. The molecule has 1 aliphatic rings. The smallest absolute Gasteiger partial charge is 0.250 e. The number of hydrogen-bond acceptors (Lipinski definition) is 3. The molecule has 3 aromatic rings. The second kappa shape index (κ2) is 6.54. The SMILES string of the molecule is Cl.NC(=O)c1cc(F)c(N2CCC[C@H](N)C2)c2c1[nH]c1ccccc12. The number of amides is 1. The van der Waals surface area contributed by atoms with E-state index < -0.39 is 11.7 Å². The number of fused-ring (bicyclic) bond motifs is 3. The first kappa shape index (κ1) is 17.5. The molecule has 2 heterocycles. The molecule has 132 valence electrons. The molecule has 5 N–H and O–H groups in total. The molecule has 0 radical (unpaired) electrons. The summed E-state index contributed by atoms with van der Waals surface area (Å²) < 4.78 is 15.0. The van der Waals surface area contributed by atoms with Crippen molar-refractivity contribution in [2.45, 2.75) is 18.9 Å². The van der Waals surface area contributed by atoms with Gasteiger partial charge in [-0.25, -0.2) is 4.39 Å². The third-order valence-electron chi connectivity index (χ3n) is 4.75. The lowest BCUT2D eigenvalue weighted by Gasteiger charge is -2.33.